The Labute approximate surface area is 297 Å². The Kier molecular flexibility index (Phi) is 36.3. The van der Waals surface area contributed by atoms with Crippen LogP contribution < -0.4 is 5.32 Å². The highest BCUT2D eigenvalue weighted by molar-refractivity contribution is 5.76. The summed E-state index contributed by atoms with van der Waals surface area (Å²) in [6.45, 7) is 4.05. The molecule has 0 aromatic rings. The lowest BCUT2D eigenvalue weighted by atomic mass is 10.0. The smallest absolute Gasteiger partial charge is 0.222 e. The van der Waals surface area contributed by atoms with Crippen LogP contribution in [0.5, 0.6) is 0 Å². The van der Waals surface area contributed by atoms with Crippen LogP contribution in [0.1, 0.15) is 181 Å². The maximum atomic E-state index is 12.4. The van der Waals surface area contributed by atoms with Crippen molar-refractivity contribution in [2.45, 2.75) is 199 Å². The van der Waals surface area contributed by atoms with E-state index < -0.39 is 18.2 Å². The van der Waals surface area contributed by atoms with Gasteiger partial charge in [0.25, 0.3) is 0 Å². The van der Waals surface area contributed by atoms with Crippen LogP contribution in [-0.4, -0.2) is 46.1 Å². The van der Waals surface area contributed by atoms with Gasteiger partial charge in [-0.25, -0.2) is 0 Å². The lowest BCUT2D eigenvalue weighted by molar-refractivity contribution is -0.124. The first kappa shape index (κ1) is 46.0. The maximum Gasteiger partial charge on any atom is 0.222 e. The SMILES string of the molecule is CC/C=C/CC/C=C/CC/C=C/C(O)C(CO)NC(=O)CC(O)CCCCCCCCC/C=C\C/C=C\CCCCCCCCCCC. The van der Waals surface area contributed by atoms with Crippen molar-refractivity contribution in [1.82, 2.24) is 5.32 Å². The molecule has 3 atom stereocenters. The molecular formula is C43H77NO4. The molecule has 0 fully saturated rings. The van der Waals surface area contributed by atoms with Crippen molar-refractivity contribution in [2.75, 3.05) is 6.61 Å². The second kappa shape index (κ2) is 37.9. The molecule has 0 aromatic carbocycles. The van der Waals surface area contributed by atoms with Crippen LogP contribution in [-0.2, 0) is 4.79 Å². The van der Waals surface area contributed by atoms with Crippen molar-refractivity contribution in [2.24, 2.45) is 0 Å². The van der Waals surface area contributed by atoms with E-state index >= 15 is 0 Å². The summed E-state index contributed by atoms with van der Waals surface area (Å²) >= 11 is 0. The molecule has 0 heterocycles. The number of hydrogen-bond acceptors (Lipinski definition) is 4. The lowest BCUT2D eigenvalue weighted by Gasteiger charge is -2.21. The summed E-state index contributed by atoms with van der Waals surface area (Å²) in [4.78, 5) is 12.4. The average Bonchev–Trinajstić information content (AvgIpc) is 3.08. The van der Waals surface area contributed by atoms with E-state index in [9.17, 15) is 20.1 Å². The van der Waals surface area contributed by atoms with E-state index in [1.54, 1.807) is 6.08 Å². The molecule has 4 N–H and O–H groups in total. The van der Waals surface area contributed by atoms with Crippen molar-refractivity contribution >= 4 is 5.91 Å². The molecular weight excluding hydrogens is 594 g/mol. The molecule has 0 saturated carbocycles. The summed E-state index contributed by atoms with van der Waals surface area (Å²) < 4.78 is 0. The van der Waals surface area contributed by atoms with Gasteiger partial charge in [0.2, 0.25) is 5.91 Å². The standard InChI is InChI=1S/C43H77NO4/c1-3-5-7-9-11-13-15-16-17-18-19-20-21-22-23-24-25-26-27-28-30-32-34-36-40(46)38-43(48)44-41(39-45)42(47)37-35-33-31-29-14-12-10-8-6-4-2/h6,8,14,19-20,22-23,29,35,37,40-42,45-47H,3-5,7,9-13,15-18,21,24-28,30-34,36,38-39H2,1-2H3,(H,44,48)/b8-6+,20-19-,23-22-,29-14+,37-35+. The van der Waals surface area contributed by atoms with E-state index in [0.717, 1.165) is 57.8 Å². The van der Waals surface area contributed by atoms with Gasteiger partial charge >= 0.3 is 0 Å². The number of unbranched alkanes of at least 4 members (excludes halogenated alkanes) is 18. The van der Waals surface area contributed by atoms with Gasteiger partial charge in [-0.3, -0.25) is 4.79 Å². The molecule has 0 aliphatic heterocycles. The van der Waals surface area contributed by atoms with Gasteiger partial charge in [0, 0.05) is 0 Å². The monoisotopic (exact) mass is 672 g/mol. The number of rotatable bonds is 35. The highest BCUT2D eigenvalue weighted by atomic mass is 16.3. The minimum absolute atomic E-state index is 0.00616. The maximum absolute atomic E-state index is 12.4. The van der Waals surface area contributed by atoms with Gasteiger partial charge in [-0.1, -0.05) is 164 Å². The molecule has 48 heavy (non-hydrogen) atoms. The van der Waals surface area contributed by atoms with Gasteiger partial charge in [-0.15, -0.1) is 0 Å². The van der Waals surface area contributed by atoms with Crippen molar-refractivity contribution in [1.29, 1.82) is 0 Å². The summed E-state index contributed by atoms with van der Waals surface area (Å²) in [6.07, 6.45) is 49.4. The number of carbonyl (C=O) groups is 1. The third-order valence-corrected chi connectivity index (χ3v) is 8.77. The third-order valence-electron chi connectivity index (χ3n) is 8.77. The van der Waals surface area contributed by atoms with Gasteiger partial charge in [-0.2, -0.15) is 0 Å². The van der Waals surface area contributed by atoms with Crippen LogP contribution in [0.4, 0.5) is 0 Å². The number of allylic oxidation sites excluding steroid dienone is 9. The van der Waals surface area contributed by atoms with Crippen molar-refractivity contribution in [3.05, 3.63) is 60.8 Å². The number of nitrogens with one attached hydrogen (secondary N) is 1. The zero-order valence-electron chi connectivity index (χ0n) is 31.3. The van der Waals surface area contributed by atoms with E-state index in [1.807, 2.05) is 6.08 Å². The molecule has 3 unspecified atom stereocenters. The molecule has 0 saturated heterocycles. The zero-order valence-corrected chi connectivity index (χ0v) is 31.3. The summed E-state index contributed by atoms with van der Waals surface area (Å²) in [7, 11) is 0. The van der Waals surface area contributed by atoms with Crippen LogP contribution in [0.3, 0.4) is 0 Å². The fraction of sp³-hybridized carbons (Fsp3) is 0.744. The number of aliphatic hydroxyl groups is 3. The molecule has 1 amide bonds. The summed E-state index contributed by atoms with van der Waals surface area (Å²) in [6, 6.07) is -0.770. The normalized spacial score (nSPS) is 14.4. The Hall–Kier alpha value is -1.95. The third kappa shape index (κ3) is 33.9. The van der Waals surface area contributed by atoms with Gasteiger partial charge in [-0.05, 0) is 70.6 Å². The summed E-state index contributed by atoms with van der Waals surface area (Å²) in [5.74, 6) is -0.340. The van der Waals surface area contributed by atoms with Crippen molar-refractivity contribution in [3.8, 4) is 0 Å². The Bertz CT molecular complexity index is 831. The first-order valence-corrected chi connectivity index (χ1v) is 20.1. The van der Waals surface area contributed by atoms with Gasteiger partial charge < -0.3 is 20.6 Å². The molecule has 0 bridgehead atoms. The van der Waals surface area contributed by atoms with E-state index in [-0.39, 0.29) is 18.9 Å². The Morgan fingerprint density at radius 1 is 0.562 bits per heavy atom. The number of carbonyl (C=O) groups excluding carboxylic acids is 1. The quantitative estimate of drug-likeness (QED) is 0.0399. The summed E-state index contributed by atoms with van der Waals surface area (Å²) in [5, 5.41) is 33.0. The van der Waals surface area contributed by atoms with Gasteiger partial charge in [0.1, 0.15) is 0 Å². The molecule has 0 aliphatic rings. The fourth-order valence-corrected chi connectivity index (χ4v) is 5.70. The van der Waals surface area contributed by atoms with E-state index in [2.05, 4.69) is 67.8 Å². The predicted molar refractivity (Wildman–Crippen MR) is 208 cm³/mol. The molecule has 0 rings (SSSR count). The van der Waals surface area contributed by atoms with Crippen LogP contribution in [0, 0.1) is 0 Å². The molecule has 0 radical (unpaired) electrons. The predicted octanol–water partition coefficient (Wildman–Crippen LogP) is 11.1. The van der Waals surface area contributed by atoms with Crippen LogP contribution in [0.15, 0.2) is 60.8 Å². The average molecular weight is 672 g/mol. The Balaban J connectivity index is 3.70. The van der Waals surface area contributed by atoms with E-state index in [0.29, 0.717) is 6.42 Å². The molecule has 0 spiro atoms. The first-order valence-electron chi connectivity index (χ1n) is 20.1. The number of amides is 1. The van der Waals surface area contributed by atoms with E-state index in [1.165, 1.54) is 96.3 Å². The Morgan fingerprint density at radius 3 is 1.54 bits per heavy atom. The fourth-order valence-electron chi connectivity index (χ4n) is 5.70. The second-order valence-electron chi connectivity index (χ2n) is 13.5. The topological polar surface area (TPSA) is 89.8 Å². The molecule has 0 aliphatic carbocycles. The highest BCUT2D eigenvalue weighted by Gasteiger charge is 2.20. The Morgan fingerprint density at radius 2 is 1.02 bits per heavy atom. The zero-order chi connectivity index (χ0) is 35.2. The second-order valence-corrected chi connectivity index (χ2v) is 13.5. The van der Waals surface area contributed by atoms with Gasteiger partial charge in [0.15, 0.2) is 0 Å². The van der Waals surface area contributed by atoms with Crippen molar-refractivity contribution < 1.29 is 20.1 Å². The first-order chi connectivity index (χ1) is 23.5. The van der Waals surface area contributed by atoms with Crippen LogP contribution >= 0.6 is 0 Å². The van der Waals surface area contributed by atoms with Gasteiger partial charge in [0.05, 0.1) is 31.3 Å². The number of hydrogen-bond donors (Lipinski definition) is 4. The molecule has 0 aromatic heterocycles. The number of aliphatic hydroxyl groups excluding tert-OH is 3. The highest BCUT2D eigenvalue weighted by Crippen LogP contribution is 2.13. The minimum Gasteiger partial charge on any atom is -0.394 e. The lowest BCUT2D eigenvalue weighted by Crippen LogP contribution is -2.45. The minimum atomic E-state index is -0.962. The molecule has 5 nitrogen and oxygen atoms in total. The van der Waals surface area contributed by atoms with Crippen LogP contribution in [0.25, 0.3) is 0 Å². The molecule has 5 heteroatoms. The van der Waals surface area contributed by atoms with E-state index in [4.69, 9.17) is 0 Å². The largest absolute Gasteiger partial charge is 0.394 e. The summed E-state index contributed by atoms with van der Waals surface area (Å²) in [5.41, 5.74) is 0. The van der Waals surface area contributed by atoms with Crippen LogP contribution in [0.2, 0.25) is 0 Å². The molecule has 278 valence electrons. The van der Waals surface area contributed by atoms with Crippen molar-refractivity contribution in [3.63, 3.8) is 0 Å².